The minimum absolute atomic E-state index is 0.0458. The molecule has 0 aliphatic rings. The van der Waals surface area contributed by atoms with Gasteiger partial charge in [-0.25, -0.2) is 0 Å². The fourth-order valence-corrected chi connectivity index (χ4v) is 3.00. The molecule has 10 nitrogen and oxygen atoms in total. The van der Waals surface area contributed by atoms with Crippen LogP contribution in [0.3, 0.4) is 0 Å². The topological polar surface area (TPSA) is 171 Å². The minimum Gasteiger partial charge on any atom is -0.508 e. The summed E-state index contributed by atoms with van der Waals surface area (Å²) in [7, 11) is 0. The third-order valence-corrected chi connectivity index (χ3v) is 5.10. The van der Waals surface area contributed by atoms with Gasteiger partial charge in [0.15, 0.2) is 0 Å². The van der Waals surface area contributed by atoms with Crippen LogP contribution in [0.15, 0.2) is 24.3 Å². The molecular formula is C23H36N4O6. The SMILES string of the molecule is CC(C)CC(NC(=O)C(N)C(C)C)C(=O)NC(Cc1ccc(O)cc1)C(=O)NC(C)C(=O)O. The van der Waals surface area contributed by atoms with Crippen molar-refractivity contribution < 1.29 is 29.4 Å². The van der Waals surface area contributed by atoms with Crippen molar-refractivity contribution in [2.45, 2.75) is 71.6 Å². The Kier molecular flexibility index (Phi) is 10.8. The summed E-state index contributed by atoms with van der Waals surface area (Å²) in [5.74, 6) is -2.96. The fourth-order valence-electron chi connectivity index (χ4n) is 3.00. The molecule has 0 aliphatic heterocycles. The second-order valence-corrected chi connectivity index (χ2v) is 8.96. The van der Waals surface area contributed by atoms with Crippen LogP contribution in [-0.4, -0.2) is 58.1 Å². The van der Waals surface area contributed by atoms with E-state index in [0.29, 0.717) is 12.0 Å². The molecule has 10 heteroatoms. The van der Waals surface area contributed by atoms with Gasteiger partial charge in [0.2, 0.25) is 17.7 Å². The summed E-state index contributed by atoms with van der Waals surface area (Å²) >= 11 is 0. The molecule has 0 radical (unpaired) electrons. The Morgan fingerprint density at radius 3 is 1.85 bits per heavy atom. The van der Waals surface area contributed by atoms with Gasteiger partial charge in [0.05, 0.1) is 6.04 Å². The Bertz CT molecular complexity index is 825. The fraction of sp³-hybridized carbons (Fsp3) is 0.565. The zero-order valence-electron chi connectivity index (χ0n) is 19.8. The number of carboxylic acids is 1. The first-order chi connectivity index (χ1) is 15.3. The molecule has 0 heterocycles. The van der Waals surface area contributed by atoms with Gasteiger partial charge in [0, 0.05) is 6.42 Å². The van der Waals surface area contributed by atoms with Crippen LogP contribution in [0.5, 0.6) is 5.75 Å². The van der Waals surface area contributed by atoms with Gasteiger partial charge >= 0.3 is 5.97 Å². The summed E-state index contributed by atoms with van der Waals surface area (Å²) in [6.07, 6.45) is 0.375. The summed E-state index contributed by atoms with van der Waals surface area (Å²) in [6, 6.07) is 2.10. The number of benzene rings is 1. The molecule has 3 amide bonds. The average molecular weight is 465 g/mol. The molecule has 0 bridgehead atoms. The van der Waals surface area contributed by atoms with E-state index in [1.165, 1.54) is 19.1 Å². The van der Waals surface area contributed by atoms with Crippen LogP contribution in [-0.2, 0) is 25.6 Å². The van der Waals surface area contributed by atoms with Crippen LogP contribution in [0.1, 0.15) is 46.6 Å². The van der Waals surface area contributed by atoms with Gasteiger partial charge in [-0.15, -0.1) is 0 Å². The number of carbonyl (C=O) groups is 4. The van der Waals surface area contributed by atoms with E-state index in [0.717, 1.165) is 0 Å². The third kappa shape index (κ3) is 9.48. The lowest BCUT2D eigenvalue weighted by Gasteiger charge is -2.26. The van der Waals surface area contributed by atoms with Gasteiger partial charge in [0.1, 0.15) is 23.9 Å². The van der Waals surface area contributed by atoms with Crippen molar-refractivity contribution in [1.82, 2.24) is 16.0 Å². The molecular weight excluding hydrogens is 428 g/mol. The number of carboxylic acid groups (broad SMARTS) is 1. The van der Waals surface area contributed by atoms with Crippen LogP contribution in [0.2, 0.25) is 0 Å². The lowest BCUT2D eigenvalue weighted by molar-refractivity contribution is -0.141. The van der Waals surface area contributed by atoms with E-state index in [1.807, 2.05) is 13.8 Å². The van der Waals surface area contributed by atoms with Crippen LogP contribution in [0, 0.1) is 11.8 Å². The first-order valence-electron chi connectivity index (χ1n) is 11.0. The van der Waals surface area contributed by atoms with Crippen molar-refractivity contribution in [2.75, 3.05) is 0 Å². The van der Waals surface area contributed by atoms with Gasteiger partial charge in [-0.3, -0.25) is 19.2 Å². The maximum absolute atomic E-state index is 13.1. The van der Waals surface area contributed by atoms with Crippen LogP contribution < -0.4 is 21.7 Å². The molecule has 0 saturated heterocycles. The number of hydrogen-bond acceptors (Lipinski definition) is 6. The van der Waals surface area contributed by atoms with Gasteiger partial charge in [-0.2, -0.15) is 0 Å². The number of aromatic hydroxyl groups is 1. The smallest absolute Gasteiger partial charge is 0.325 e. The van der Waals surface area contributed by atoms with Crippen LogP contribution in [0.4, 0.5) is 0 Å². The van der Waals surface area contributed by atoms with Gasteiger partial charge in [0.25, 0.3) is 0 Å². The first kappa shape index (κ1) is 27.9. The highest BCUT2D eigenvalue weighted by molar-refractivity contribution is 5.94. The van der Waals surface area contributed by atoms with Crippen molar-refractivity contribution in [1.29, 1.82) is 0 Å². The van der Waals surface area contributed by atoms with Crippen molar-refractivity contribution in [3.63, 3.8) is 0 Å². The molecule has 4 atom stereocenters. The van der Waals surface area contributed by atoms with Gasteiger partial charge in [-0.05, 0) is 42.9 Å². The Balaban J connectivity index is 3.09. The van der Waals surface area contributed by atoms with Gasteiger partial charge < -0.3 is 31.9 Å². The number of nitrogens with one attached hydrogen (secondary N) is 3. The highest BCUT2D eigenvalue weighted by Gasteiger charge is 2.30. The van der Waals surface area contributed by atoms with Crippen molar-refractivity contribution in [2.24, 2.45) is 17.6 Å². The number of phenols is 1. The van der Waals surface area contributed by atoms with Crippen LogP contribution in [0.25, 0.3) is 0 Å². The van der Waals surface area contributed by atoms with E-state index in [-0.39, 0.29) is 24.0 Å². The molecule has 0 spiro atoms. The molecule has 0 aliphatic carbocycles. The first-order valence-corrected chi connectivity index (χ1v) is 11.0. The Morgan fingerprint density at radius 2 is 1.36 bits per heavy atom. The average Bonchev–Trinajstić information content (AvgIpc) is 2.72. The lowest BCUT2D eigenvalue weighted by atomic mass is 9.99. The van der Waals surface area contributed by atoms with Gasteiger partial charge in [-0.1, -0.05) is 39.8 Å². The summed E-state index contributed by atoms with van der Waals surface area (Å²) in [5.41, 5.74) is 6.54. The molecule has 1 rings (SSSR count). The predicted octanol–water partition coefficient (Wildman–Crippen LogP) is 0.523. The minimum atomic E-state index is -1.22. The number of hydrogen-bond donors (Lipinski definition) is 6. The van der Waals surface area contributed by atoms with E-state index < -0.39 is 47.9 Å². The molecule has 33 heavy (non-hydrogen) atoms. The van der Waals surface area contributed by atoms with E-state index in [1.54, 1.807) is 26.0 Å². The summed E-state index contributed by atoms with van der Waals surface area (Å²) in [5, 5.41) is 26.3. The largest absolute Gasteiger partial charge is 0.508 e. The Morgan fingerprint density at radius 1 is 0.848 bits per heavy atom. The maximum Gasteiger partial charge on any atom is 0.325 e. The maximum atomic E-state index is 13.1. The molecule has 7 N–H and O–H groups in total. The monoisotopic (exact) mass is 464 g/mol. The zero-order chi connectivity index (χ0) is 25.3. The van der Waals surface area contributed by atoms with Crippen LogP contribution >= 0.6 is 0 Å². The molecule has 0 aromatic heterocycles. The second-order valence-electron chi connectivity index (χ2n) is 8.96. The number of amides is 3. The molecule has 184 valence electrons. The summed E-state index contributed by atoms with van der Waals surface area (Å²) in [4.78, 5) is 49.5. The van der Waals surface area contributed by atoms with E-state index in [9.17, 15) is 24.3 Å². The molecule has 4 unspecified atom stereocenters. The second kappa shape index (κ2) is 12.8. The van der Waals surface area contributed by atoms with E-state index in [4.69, 9.17) is 10.8 Å². The predicted molar refractivity (Wildman–Crippen MR) is 123 cm³/mol. The van der Waals surface area contributed by atoms with Crippen molar-refractivity contribution in [3.05, 3.63) is 29.8 Å². The number of carbonyl (C=O) groups excluding carboxylic acids is 3. The Hall–Kier alpha value is -3.14. The van der Waals surface area contributed by atoms with E-state index >= 15 is 0 Å². The molecule has 1 aromatic carbocycles. The number of nitrogens with two attached hydrogens (primary N) is 1. The Labute approximate surface area is 194 Å². The quantitative estimate of drug-likeness (QED) is 0.262. The normalized spacial score (nSPS) is 14.8. The third-order valence-electron chi connectivity index (χ3n) is 5.10. The van der Waals surface area contributed by atoms with Crippen molar-refractivity contribution >= 4 is 23.7 Å². The number of phenolic OH excluding ortho intramolecular Hbond substituents is 1. The summed E-state index contributed by atoms with van der Waals surface area (Å²) < 4.78 is 0. The molecule has 0 fully saturated rings. The summed E-state index contributed by atoms with van der Waals surface area (Å²) in [6.45, 7) is 8.69. The molecule has 0 saturated carbocycles. The highest BCUT2D eigenvalue weighted by atomic mass is 16.4. The molecule has 1 aromatic rings. The zero-order valence-corrected chi connectivity index (χ0v) is 19.8. The highest BCUT2D eigenvalue weighted by Crippen LogP contribution is 2.13. The lowest BCUT2D eigenvalue weighted by Crippen LogP contribution is -2.58. The van der Waals surface area contributed by atoms with Crippen molar-refractivity contribution in [3.8, 4) is 5.75 Å². The number of rotatable bonds is 12. The standard InChI is InChI=1S/C23H36N4O6/c1-12(2)10-17(27-22(31)19(24)13(3)4)21(30)26-18(20(29)25-14(5)23(32)33)11-15-6-8-16(28)9-7-15/h6-9,12-14,17-19,28H,10-11,24H2,1-5H3,(H,25,29)(H,26,30)(H,27,31)(H,32,33). The van der Waals surface area contributed by atoms with E-state index in [2.05, 4.69) is 16.0 Å². The number of aliphatic carboxylic acids is 1.